The molecule has 0 unspecified atom stereocenters. The van der Waals surface area contributed by atoms with Crippen LogP contribution in [0.25, 0.3) is 10.8 Å². The second-order valence-corrected chi connectivity index (χ2v) is 5.07. The maximum atomic E-state index is 12.2. The van der Waals surface area contributed by atoms with Gasteiger partial charge in [0.05, 0.1) is 6.04 Å². The van der Waals surface area contributed by atoms with Crippen LogP contribution in [-0.4, -0.2) is 24.5 Å². The molecule has 1 atom stereocenters. The molecule has 0 aliphatic rings. The predicted octanol–water partition coefficient (Wildman–Crippen LogP) is 1.16. The molecule has 0 aliphatic carbocycles. The number of carbonyl (C=O) groups is 1. The van der Waals surface area contributed by atoms with E-state index in [2.05, 4.69) is 10.3 Å². The number of aliphatic imine (C=N–C) groups is 1. The maximum absolute atomic E-state index is 12.2. The third kappa shape index (κ3) is 4.20. The number of carbonyl (C=O) groups excluding carboxylic acids is 1. The molecule has 2 aromatic rings. The van der Waals surface area contributed by atoms with Crippen LogP contribution in [-0.2, 0) is 4.79 Å². The van der Waals surface area contributed by atoms with Gasteiger partial charge < -0.3 is 22.5 Å². The zero-order valence-electron chi connectivity index (χ0n) is 12.3. The highest BCUT2D eigenvalue weighted by atomic mass is 16.2. The van der Waals surface area contributed by atoms with Gasteiger partial charge in [0.25, 0.3) is 0 Å². The molecule has 7 N–H and O–H groups in total. The standard InChI is InChI=1S/C16H21N5O/c17-13(8-4-10-20-16(18)19)15(22)21-14-9-3-6-11-5-1-2-7-12(11)14/h1-3,5-7,9,13H,4,8,10,17H2,(H,21,22)(H4,18,19,20)/t13-/m0/s1. The number of nitrogens with two attached hydrogens (primary N) is 3. The largest absolute Gasteiger partial charge is 0.370 e. The summed E-state index contributed by atoms with van der Waals surface area (Å²) >= 11 is 0. The van der Waals surface area contributed by atoms with Crippen molar-refractivity contribution >= 4 is 28.3 Å². The third-order valence-electron chi connectivity index (χ3n) is 3.35. The van der Waals surface area contributed by atoms with Gasteiger partial charge in [-0.3, -0.25) is 9.79 Å². The van der Waals surface area contributed by atoms with Crippen molar-refractivity contribution in [3.8, 4) is 0 Å². The highest BCUT2D eigenvalue weighted by molar-refractivity contribution is 6.03. The Labute approximate surface area is 129 Å². The van der Waals surface area contributed by atoms with Crippen LogP contribution < -0.4 is 22.5 Å². The fourth-order valence-electron chi connectivity index (χ4n) is 2.21. The second kappa shape index (κ2) is 7.42. The quantitative estimate of drug-likeness (QED) is 0.363. The lowest BCUT2D eigenvalue weighted by Crippen LogP contribution is -2.35. The monoisotopic (exact) mass is 299 g/mol. The van der Waals surface area contributed by atoms with Crippen molar-refractivity contribution in [1.82, 2.24) is 0 Å². The number of benzene rings is 2. The first-order valence-corrected chi connectivity index (χ1v) is 7.17. The Morgan fingerprint density at radius 3 is 2.64 bits per heavy atom. The van der Waals surface area contributed by atoms with E-state index in [0.717, 1.165) is 16.5 Å². The number of rotatable bonds is 6. The van der Waals surface area contributed by atoms with Gasteiger partial charge >= 0.3 is 0 Å². The fraction of sp³-hybridized carbons (Fsp3) is 0.250. The Morgan fingerprint density at radius 2 is 1.86 bits per heavy atom. The molecule has 0 fully saturated rings. The van der Waals surface area contributed by atoms with E-state index in [4.69, 9.17) is 17.2 Å². The Hall–Kier alpha value is -2.60. The summed E-state index contributed by atoms with van der Waals surface area (Å²) in [6, 6.07) is 13.0. The molecular weight excluding hydrogens is 278 g/mol. The van der Waals surface area contributed by atoms with E-state index in [0.29, 0.717) is 19.4 Å². The summed E-state index contributed by atoms with van der Waals surface area (Å²) in [5, 5.41) is 4.95. The van der Waals surface area contributed by atoms with E-state index < -0.39 is 6.04 Å². The summed E-state index contributed by atoms with van der Waals surface area (Å²) in [5.41, 5.74) is 17.2. The average molecular weight is 299 g/mol. The molecule has 0 heterocycles. The van der Waals surface area contributed by atoms with Crippen molar-refractivity contribution in [2.24, 2.45) is 22.2 Å². The minimum atomic E-state index is -0.590. The number of nitrogens with zero attached hydrogens (tertiary/aromatic N) is 1. The molecule has 0 aliphatic heterocycles. The van der Waals surface area contributed by atoms with Crippen molar-refractivity contribution in [2.75, 3.05) is 11.9 Å². The molecule has 2 rings (SSSR count). The lowest BCUT2D eigenvalue weighted by Gasteiger charge is -2.13. The first-order valence-electron chi connectivity index (χ1n) is 7.17. The number of fused-ring (bicyclic) bond motifs is 1. The molecule has 22 heavy (non-hydrogen) atoms. The first-order chi connectivity index (χ1) is 10.6. The summed E-state index contributed by atoms with van der Waals surface area (Å²) in [4.78, 5) is 16.0. The van der Waals surface area contributed by atoms with Gasteiger partial charge in [-0.2, -0.15) is 0 Å². The van der Waals surface area contributed by atoms with E-state index in [1.165, 1.54) is 0 Å². The normalized spacial score (nSPS) is 11.9. The molecule has 0 saturated carbocycles. The molecular formula is C16H21N5O. The fourth-order valence-corrected chi connectivity index (χ4v) is 2.21. The summed E-state index contributed by atoms with van der Waals surface area (Å²) in [6.45, 7) is 0.470. The number of hydrogen-bond donors (Lipinski definition) is 4. The van der Waals surface area contributed by atoms with E-state index in [1.54, 1.807) is 0 Å². The minimum absolute atomic E-state index is 0.0498. The smallest absolute Gasteiger partial charge is 0.241 e. The summed E-state index contributed by atoms with van der Waals surface area (Å²) < 4.78 is 0. The molecule has 0 aromatic heterocycles. The highest BCUT2D eigenvalue weighted by Crippen LogP contribution is 2.23. The van der Waals surface area contributed by atoms with Crippen LogP contribution in [0.15, 0.2) is 47.5 Å². The number of amides is 1. The number of hydrogen-bond acceptors (Lipinski definition) is 3. The van der Waals surface area contributed by atoms with Crippen molar-refractivity contribution in [1.29, 1.82) is 0 Å². The summed E-state index contributed by atoms with van der Waals surface area (Å²) in [5.74, 6) is -0.158. The van der Waals surface area contributed by atoms with Crippen LogP contribution in [0.1, 0.15) is 12.8 Å². The third-order valence-corrected chi connectivity index (χ3v) is 3.35. The maximum Gasteiger partial charge on any atom is 0.241 e. The Morgan fingerprint density at radius 1 is 1.14 bits per heavy atom. The molecule has 6 heteroatoms. The number of nitrogens with one attached hydrogen (secondary N) is 1. The van der Waals surface area contributed by atoms with Crippen LogP contribution in [0.4, 0.5) is 5.69 Å². The van der Waals surface area contributed by atoms with Gasteiger partial charge in [-0.15, -0.1) is 0 Å². The van der Waals surface area contributed by atoms with Gasteiger partial charge in [0.1, 0.15) is 0 Å². The lowest BCUT2D eigenvalue weighted by atomic mass is 10.1. The molecule has 0 radical (unpaired) electrons. The second-order valence-electron chi connectivity index (χ2n) is 5.07. The van der Waals surface area contributed by atoms with Crippen molar-refractivity contribution in [3.63, 3.8) is 0 Å². The van der Waals surface area contributed by atoms with E-state index in [-0.39, 0.29) is 11.9 Å². The van der Waals surface area contributed by atoms with Gasteiger partial charge in [0, 0.05) is 17.6 Å². The van der Waals surface area contributed by atoms with Gasteiger partial charge in [-0.05, 0) is 24.3 Å². The predicted molar refractivity (Wildman–Crippen MR) is 90.5 cm³/mol. The van der Waals surface area contributed by atoms with Crippen molar-refractivity contribution in [2.45, 2.75) is 18.9 Å². The van der Waals surface area contributed by atoms with E-state index >= 15 is 0 Å². The van der Waals surface area contributed by atoms with Crippen LogP contribution in [0.2, 0.25) is 0 Å². The lowest BCUT2D eigenvalue weighted by molar-refractivity contribution is -0.117. The van der Waals surface area contributed by atoms with Crippen molar-refractivity contribution in [3.05, 3.63) is 42.5 Å². The molecule has 6 nitrogen and oxygen atoms in total. The highest BCUT2D eigenvalue weighted by Gasteiger charge is 2.14. The Kier molecular flexibility index (Phi) is 5.32. The summed E-state index contributed by atoms with van der Waals surface area (Å²) in [6.07, 6.45) is 1.18. The zero-order chi connectivity index (χ0) is 15.9. The van der Waals surface area contributed by atoms with E-state index in [9.17, 15) is 4.79 Å². The van der Waals surface area contributed by atoms with Gasteiger partial charge in [0.2, 0.25) is 5.91 Å². The Balaban J connectivity index is 1.97. The molecule has 2 aromatic carbocycles. The van der Waals surface area contributed by atoms with Crippen LogP contribution in [0.5, 0.6) is 0 Å². The molecule has 0 saturated heterocycles. The van der Waals surface area contributed by atoms with Gasteiger partial charge in [-0.25, -0.2) is 0 Å². The first kappa shape index (κ1) is 15.8. The van der Waals surface area contributed by atoms with E-state index in [1.807, 2.05) is 42.5 Å². The minimum Gasteiger partial charge on any atom is -0.370 e. The summed E-state index contributed by atoms with van der Waals surface area (Å²) in [7, 11) is 0. The SMILES string of the molecule is NC(N)=NCCC[C@H](N)C(=O)Nc1cccc2ccccc12. The number of guanidine groups is 1. The zero-order valence-corrected chi connectivity index (χ0v) is 12.3. The van der Waals surface area contributed by atoms with Crippen LogP contribution in [0, 0.1) is 0 Å². The number of anilines is 1. The van der Waals surface area contributed by atoms with Crippen molar-refractivity contribution < 1.29 is 4.79 Å². The molecule has 1 amide bonds. The van der Waals surface area contributed by atoms with Gasteiger partial charge in [-0.1, -0.05) is 36.4 Å². The van der Waals surface area contributed by atoms with Crippen LogP contribution in [0.3, 0.4) is 0 Å². The van der Waals surface area contributed by atoms with Crippen LogP contribution >= 0.6 is 0 Å². The molecule has 0 bridgehead atoms. The molecule has 0 spiro atoms. The molecule has 116 valence electrons. The Bertz CT molecular complexity index is 674. The topological polar surface area (TPSA) is 120 Å². The average Bonchev–Trinajstić information content (AvgIpc) is 2.51. The van der Waals surface area contributed by atoms with Gasteiger partial charge in [0.15, 0.2) is 5.96 Å².